The lowest BCUT2D eigenvalue weighted by Gasteiger charge is -2.34. The maximum atomic E-state index is 14.8. The van der Waals surface area contributed by atoms with E-state index < -0.39 is 17.6 Å². The first-order valence-electron chi connectivity index (χ1n) is 10.9. The Morgan fingerprint density at radius 2 is 2.06 bits per heavy atom. The van der Waals surface area contributed by atoms with Crippen LogP contribution in [0.5, 0.6) is 5.75 Å². The zero-order valence-electron chi connectivity index (χ0n) is 19.1. The van der Waals surface area contributed by atoms with Gasteiger partial charge in [0.1, 0.15) is 23.3 Å². The van der Waals surface area contributed by atoms with Gasteiger partial charge in [0.15, 0.2) is 11.5 Å². The van der Waals surface area contributed by atoms with Crippen molar-refractivity contribution in [3.63, 3.8) is 0 Å². The summed E-state index contributed by atoms with van der Waals surface area (Å²) >= 11 is 0. The van der Waals surface area contributed by atoms with Crippen LogP contribution in [0, 0.1) is 5.82 Å². The number of anilines is 2. The third kappa shape index (κ3) is 4.09. The summed E-state index contributed by atoms with van der Waals surface area (Å²) in [5.41, 5.74) is 6.65. The fourth-order valence-electron chi connectivity index (χ4n) is 4.45. The molecule has 0 aliphatic carbocycles. The number of piperidine rings is 1. The van der Waals surface area contributed by atoms with Gasteiger partial charge >= 0.3 is 0 Å². The minimum atomic E-state index is -1.10. The number of aliphatic hydroxyl groups is 1. The van der Waals surface area contributed by atoms with Crippen LogP contribution < -0.4 is 15.4 Å². The van der Waals surface area contributed by atoms with E-state index in [9.17, 15) is 13.9 Å². The van der Waals surface area contributed by atoms with E-state index in [1.54, 1.807) is 30.9 Å². The second-order valence-corrected chi connectivity index (χ2v) is 9.32. The Morgan fingerprint density at radius 3 is 2.79 bits per heavy atom. The number of nitrogens with zero attached hydrogens (tertiary/aromatic N) is 7. The highest BCUT2D eigenvalue weighted by Gasteiger charge is 2.32. The number of nitrogen functional groups attached to an aromatic ring is 1. The molecule has 4 aromatic rings. The van der Waals surface area contributed by atoms with Crippen molar-refractivity contribution in [2.45, 2.75) is 44.5 Å². The summed E-state index contributed by atoms with van der Waals surface area (Å²) in [6, 6.07) is 2.54. The molecule has 1 aliphatic heterocycles. The van der Waals surface area contributed by atoms with Gasteiger partial charge < -0.3 is 20.5 Å². The zero-order chi connectivity index (χ0) is 24.2. The van der Waals surface area contributed by atoms with Gasteiger partial charge in [0.25, 0.3) is 0 Å². The Hall–Kier alpha value is -3.54. The zero-order valence-corrected chi connectivity index (χ0v) is 19.1. The summed E-state index contributed by atoms with van der Waals surface area (Å²) in [6.45, 7) is 4.39. The lowest BCUT2D eigenvalue weighted by molar-refractivity contribution is 0.0577. The number of rotatable bonds is 5. The molecule has 1 aromatic carbocycles. The highest BCUT2D eigenvalue weighted by Crippen LogP contribution is 2.33. The molecule has 3 N–H and O–H groups in total. The number of aromatic nitrogens is 6. The Bertz CT molecular complexity index is 1360. The quantitative estimate of drug-likeness (QED) is 0.454. The van der Waals surface area contributed by atoms with E-state index in [-0.39, 0.29) is 30.6 Å². The number of hydrogen-bond acceptors (Lipinski definition) is 8. The van der Waals surface area contributed by atoms with E-state index in [2.05, 4.69) is 20.2 Å². The van der Waals surface area contributed by atoms with Crippen LogP contribution in [0.15, 0.2) is 24.5 Å². The molecule has 5 rings (SSSR count). The van der Waals surface area contributed by atoms with Crippen molar-refractivity contribution in [1.82, 2.24) is 29.4 Å². The molecule has 12 heteroatoms. The molecular formula is C22H26F2N8O2. The average molecular weight is 473 g/mol. The van der Waals surface area contributed by atoms with E-state index in [1.165, 1.54) is 23.8 Å². The van der Waals surface area contributed by atoms with Gasteiger partial charge in [-0.25, -0.2) is 18.7 Å². The van der Waals surface area contributed by atoms with Crippen LogP contribution in [-0.2, 0) is 6.54 Å². The number of halogens is 2. The lowest BCUT2D eigenvalue weighted by atomic mass is 9.96. The lowest BCUT2D eigenvalue weighted by Crippen LogP contribution is -2.41. The number of fused-ring (bicyclic) bond motifs is 3. The van der Waals surface area contributed by atoms with Crippen LogP contribution in [-0.4, -0.2) is 66.4 Å². The van der Waals surface area contributed by atoms with E-state index in [0.29, 0.717) is 35.5 Å². The van der Waals surface area contributed by atoms with Gasteiger partial charge in [0.2, 0.25) is 5.95 Å². The molecule has 4 heterocycles. The van der Waals surface area contributed by atoms with Crippen molar-refractivity contribution in [2.75, 3.05) is 30.8 Å². The SMILES string of the molecule is COc1cc(F)cc2c1nc(N)n1nc([C@H]3C[C@H](F)CN(c4cnn(CC(C)(C)O)c4)C3)nc21. The monoisotopic (exact) mass is 472 g/mol. The number of ether oxygens (including phenoxy) is 1. The molecule has 2 atom stereocenters. The number of hydrogen-bond donors (Lipinski definition) is 2. The van der Waals surface area contributed by atoms with Crippen LogP contribution in [0.1, 0.15) is 32.0 Å². The van der Waals surface area contributed by atoms with Crippen LogP contribution in [0.4, 0.5) is 20.4 Å². The summed E-state index contributed by atoms with van der Waals surface area (Å²) in [5, 5.41) is 19.2. The van der Waals surface area contributed by atoms with Gasteiger partial charge in [-0.15, -0.1) is 5.10 Å². The maximum Gasteiger partial charge on any atom is 0.223 e. The van der Waals surface area contributed by atoms with E-state index in [1.807, 2.05) is 4.90 Å². The van der Waals surface area contributed by atoms with E-state index in [0.717, 1.165) is 5.69 Å². The predicted molar refractivity (Wildman–Crippen MR) is 122 cm³/mol. The topological polar surface area (TPSA) is 120 Å². The molecule has 180 valence electrons. The Kier molecular flexibility index (Phi) is 5.27. The van der Waals surface area contributed by atoms with Crippen molar-refractivity contribution in [1.29, 1.82) is 0 Å². The fraction of sp³-hybridized carbons (Fsp3) is 0.455. The first-order chi connectivity index (χ1) is 16.1. The standard InChI is InChI=1S/C22H26F2N8O2/c1-22(2,33)11-31-10-15(7-26-31)30-8-12(4-14(24)9-30)19-28-20-16-5-13(23)6-17(34-3)18(16)27-21(25)32(20)29-19/h5-7,10,12,14,33H,4,8-9,11H2,1-3H3,(H2,25,27)/t12-,14-/m0/s1. The minimum Gasteiger partial charge on any atom is -0.494 e. The highest BCUT2D eigenvalue weighted by atomic mass is 19.1. The predicted octanol–water partition coefficient (Wildman–Crippen LogP) is 2.31. The normalized spacial score (nSPS) is 19.3. The second-order valence-electron chi connectivity index (χ2n) is 9.32. The fourth-order valence-corrected chi connectivity index (χ4v) is 4.45. The average Bonchev–Trinajstić information content (AvgIpc) is 3.40. The summed E-state index contributed by atoms with van der Waals surface area (Å²) < 4.78 is 37.2. The van der Waals surface area contributed by atoms with Crippen molar-refractivity contribution in [3.05, 3.63) is 36.2 Å². The molecule has 0 bridgehead atoms. The summed E-state index contributed by atoms with van der Waals surface area (Å²) in [4.78, 5) is 10.8. The van der Waals surface area contributed by atoms with E-state index in [4.69, 9.17) is 10.5 Å². The van der Waals surface area contributed by atoms with Crippen molar-refractivity contribution in [2.24, 2.45) is 0 Å². The van der Waals surface area contributed by atoms with Gasteiger partial charge in [0.05, 0.1) is 36.5 Å². The van der Waals surface area contributed by atoms with Crippen LogP contribution in [0.3, 0.4) is 0 Å². The summed E-state index contributed by atoms with van der Waals surface area (Å²) in [6.07, 6.45) is 2.58. The summed E-state index contributed by atoms with van der Waals surface area (Å²) in [5.74, 6) is -0.113. The molecule has 0 unspecified atom stereocenters. The summed E-state index contributed by atoms with van der Waals surface area (Å²) in [7, 11) is 1.42. The second kappa shape index (κ2) is 8.05. The number of nitrogens with two attached hydrogens (primary N) is 1. The molecular weight excluding hydrogens is 446 g/mol. The number of benzene rings is 1. The third-order valence-corrected chi connectivity index (χ3v) is 5.87. The smallest absolute Gasteiger partial charge is 0.223 e. The molecule has 1 saturated heterocycles. The Balaban J connectivity index is 1.50. The molecule has 34 heavy (non-hydrogen) atoms. The largest absolute Gasteiger partial charge is 0.494 e. The molecule has 1 aliphatic rings. The van der Waals surface area contributed by atoms with Gasteiger partial charge in [-0.05, 0) is 26.3 Å². The highest BCUT2D eigenvalue weighted by molar-refractivity contribution is 5.95. The van der Waals surface area contributed by atoms with Gasteiger partial charge in [-0.1, -0.05) is 0 Å². The minimum absolute atomic E-state index is 0.0727. The van der Waals surface area contributed by atoms with Crippen molar-refractivity contribution < 1.29 is 18.6 Å². The van der Waals surface area contributed by atoms with Gasteiger partial charge in [0, 0.05) is 31.3 Å². The molecule has 0 radical (unpaired) electrons. The molecule has 1 fully saturated rings. The number of methoxy groups -OCH3 is 1. The van der Waals surface area contributed by atoms with Crippen LogP contribution in [0.2, 0.25) is 0 Å². The maximum absolute atomic E-state index is 14.8. The van der Waals surface area contributed by atoms with Gasteiger partial charge in [-0.3, -0.25) is 4.68 Å². The Labute approximate surface area is 194 Å². The van der Waals surface area contributed by atoms with Gasteiger partial charge in [-0.2, -0.15) is 9.61 Å². The molecule has 0 amide bonds. The molecule has 3 aromatic heterocycles. The van der Waals surface area contributed by atoms with Crippen LogP contribution in [0.25, 0.3) is 16.6 Å². The Morgan fingerprint density at radius 1 is 1.26 bits per heavy atom. The van der Waals surface area contributed by atoms with Crippen LogP contribution >= 0.6 is 0 Å². The van der Waals surface area contributed by atoms with E-state index >= 15 is 0 Å². The van der Waals surface area contributed by atoms with Crippen molar-refractivity contribution in [3.8, 4) is 5.75 Å². The number of alkyl halides is 1. The molecule has 0 saturated carbocycles. The first kappa shape index (κ1) is 22.3. The molecule has 0 spiro atoms. The third-order valence-electron chi connectivity index (χ3n) is 5.87. The molecule has 10 nitrogen and oxygen atoms in total. The first-order valence-corrected chi connectivity index (χ1v) is 10.9. The van der Waals surface area contributed by atoms with Crippen molar-refractivity contribution >= 4 is 28.2 Å².